The number of benzene rings is 2. The molecule has 2 fully saturated rings. The quantitative estimate of drug-likeness (QED) is 0.266. The third kappa shape index (κ3) is 8.35. The Morgan fingerprint density at radius 2 is 1.48 bits per heavy atom. The van der Waals surface area contributed by atoms with E-state index in [2.05, 4.69) is 0 Å². The Morgan fingerprint density at radius 1 is 0.870 bits per heavy atom. The summed E-state index contributed by atoms with van der Waals surface area (Å²) < 4.78 is 33.7. The van der Waals surface area contributed by atoms with E-state index in [0.717, 1.165) is 58.9 Å². The summed E-state index contributed by atoms with van der Waals surface area (Å²) in [5.74, 6) is -4.99. The van der Waals surface area contributed by atoms with E-state index in [1.54, 1.807) is 6.07 Å². The minimum absolute atomic E-state index is 0.0574. The van der Waals surface area contributed by atoms with Gasteiger partial charge in [-0.15, -0.1) is 0 Å². The molecular weight excluding hydrogens is 624 g/mol. The van der Waals surface area contributed by atoms with Crippen molar-refractivity contribution in [2.24, 2.45) is 0 Å². The first-order valence-corrected chi connectivity index (χ1v) is 15.4. The number of esters is 4. The number of carbonyl (C=O) groups excluding carboxylic acids is 4. The van der Waals surface area contributed by atoms with Crippen LogP contribution < -0.4 is 4.74 Å². The third-order valence-corrected chi connectivity index (χ3v) is 8.34. The molecule has 0 amide bonds. The van der Waals surface area contributed by atoms with Crippen LogP contribution in [-0.4, -0.2) is 77.3 Å². The molecule has 0 radical (unpaired) electrons. The van der Waals surface area contributed by atoms with Crippen molar-refractivity contribution in [1.29, 1.82) is 0 Å². The molecule has 1 aliphatic carbocycles. The summed E-state index contributed by atoms with van der Waals surface area (Å²) in [7, 11) is 0. The zero-order chi connectivity index (χ0) is 33.6. The number of ether oxygens (including phenoxy) is 6. The van der Waals surface area contributed by atoms with E-state index < -0.39 is 66.3 Å². The summed E-state index contributed by atoms with van der Waals surface area (Å²) in [5.41, 5.74) is 0.926. The summed E-state index contributed by atoms with van der Waals surface area (Å²) in [5, 5.41) is 22.4. The van der Waals surface area contributed by atoms with Gasteiger partial charge in [-0.05, 0) is 67.5 Å². The molecule has 1 saturated heterocycles. The summed E-state index contributed by atoms with van der Waals surface area (Å²) >= 11 is 6.58. The molecule has 0 unspecified atom stereocenters. The normalized spacial score (nSPS) is 25.3. The van der Waals surface area contributed by atoms with Crippen LogP contribution in [0, 0.1) is 0 Å². The van der Waals surface area contributed by atoms with Crippen molar-refractivity contribution in [1.82, 2.24) is 0 Å². The molecule has 250 valence electrons. The van der Waals surface area contributed by atoms with Crippen LogP contribution in [-0.2, 0) is 55.1 Å². The van der Waals surface area contributed by atoms with Crippen LogP contribution in [0.15, 0.2) is 42.5 Å². The lowest BCUT2D eigenvalue weighted by Gasteiger charge is -2.48. The van der Waals surface area contributed by atoms with Crippen molar-refractivity contribution in [3.8, 4) is 5.75 Å². The molecule has 13 heteroatoms. The maximum atomic E-state index is 12.3. The van der Waals surface area contributed by atoms with E-state index in [-0.39, 0.29) is 12.2 Å². The Kier molecular flexibility index (Phi) is 11.3. The first kappa shape index (κ1) is 35.1. The van der Waals surface area contributed by atoms with E-state index in [4.69, 9.17) is 40.0 Å². The predicted molar refractivity (Wildman–Crippen MR) is 162 cm³/mol. The summed E-state index contributed by atoms with van der Waals surface area (Å²) in [6.07, 6.45) is -2.16. The zero-order valence-electron chi connectivity index (χ0n) is 26.2. The summed E-state index contributed by atoms with van der Waals surface area (Å²) in [6.45, 7) is 3.90. The van der Waals surface area contributed by atoms with Crippen LogP contribution in [0.25, 0.3) is 0 Å². The number of hydrogen-bond acceptors (Lipinski definition) is 12. The van der Waals surface area contributed by atoms with Gasteiger partial charge in [-0.1, -0.05) is 29.8 Å². The van der Waals surface area contributed by atoms with Gasteiger partial charge in [-0.2, -0.15) is 0 Å². The van der Waals surface area contributed by atoms with Gasteiger partial charge in [0.25, 0.3) is 0 Å². The standard InChI is InChI=1S/C33H39ClO12/c1-19(36)41-17-28-29(42-20(2)37)30(43-21(3)38)31(44-22(4)39)33(40,46-28)25-9-12-27(34)24(16-25)15-23-7-10-26(11-8-23)45-32(18-35)13-5-6-14-32/h7-12,16,28-31,35,40H,5-6,13-15,17-18H2,1-4H3/t28-,29-,30+,31-,33-/m1/s1. The Morgan fingerprint density at radius 3 is 2.04 bits per heavy atom. The summed E-state index contributed by atoms with van der Waals surface area (Å²) in [4.78, 5) is 48.2. The first-order chi connectivity index (χ1) is 21.7. The van der Waals surface area contributed by atoms with Gasteiger partial charge >= 0.3 is 23.9 Å². The monoisotopic (exact) mass is 662 g/mol. The third-order valence-electron chi connectivity index (χ3n) is 7.97. The van der Waals surface area contributed by atoms with Crippen LogP contribution in [0.3, 0.4) is 0 Å². The fourth-order valence-electron chi connectivity index (χ4n) is 5.90. The predicted octanol–water partition coefficient (Wildman–Crippen LogP) is 3.52. The van der Waals surface area contributed by atoms with Gasteiger partial charge < -0.3 is 38.6 Å². The Labute approximate surface area is 271 Å². The molecule has 2 aromatic rings. The van der Waals surface area contributed by atoms with E-state index >= 15 is 0 Å². The lowest BCUT2D eigenvalue weighted by atomic mass is 9.86. The number of halogens is 1. The molecule has 46 heavy (non-hydrogen) atoms. The number of aliphatic hydroxyl groups is 2. The topological polar surface area (TPSA) is 164 Å². The van der Waals surface area contributed by atoms with Gasteiger partial charge in [-0.3, -0.25) is 19.2 Å². The molecule has 2 N–H and O–H groups in total. The fourth-order valence-corrected chi connectivity index (χ4v) is 6.09. The molecule has 5 atom stereocenters. The molecule has 12 nitrogen and oxygen atoms in total. The highest BCUT2D eigenvalue weighted by Gasteiger charge is 2.60. The van der Waals surface area contributed by atoms with Crippen molar-refractivity contribution in [2.45, 2.75) is 95.6 Å². The van der Waals surface area contributed by atoms with Crippen molar-refractivity contribution < 1.29 is 57.8 Å². The maximum absolute atomic E-state index is 12.3. The van der Waals surface area contributed by atoms with Crippen molar-refractivity contribution in [3.63, 3.8) is 0 Å². The number of carbonyl (C=O) groups is 4. The largest absolute Gasteiger partial charge is 0.485 e. The molecule has 1 aliphatic heterocycles. The van der Waals surface area contributed by atoms with E-state index in [1.807, 2.05) is 24.3 Å². The molecule has 4 rings (SSSR count). The second-order valence-electron chi connectivity index (χ2n) is 11.6. The molecule has 0 spiro atoms. The zero-order valence-corrected chi connectivity index (χ0v) is 26.9. The Bertz CT molecular complexity index is 1420. The van der Waals surface area contributed by atoms with Gasteiger partial charge in [0.2, 0.25) is 11.9 Å². The van der Waals surface area contributed by atoms with E-state index in [1.165, 1.54) is 12.1 Å². The van der Waals surface area contributed by atoms with Crippen molar-refractivity contribution in [3.05, 3.63) is 64.2 Å². The SMILES string of the molecule is CC(=O)OC[C@H]1O[C@](O)(c2ccc(Cl)c(Cc3ccc(OC4(CO)CCCC4)cc3)c2)[C@H](OC(C)=O)[C@@H](OC(C)=O)[C@@H]1OC(C)=O. The van der Waals surface area contributed by atoms with Gasteiger partial charge in [0.1, 0.15) is 24.1 Å². The van der Waals surface area contributed by atoms with E-state index in [9.17, 15) is 29.4 Å². The van der Waals surface area contributed by atoms with Crippen LogP contribution in [0.4, 0.5) is 0 Å². The lowest BCUT2D eigenvalue weighted by molar-refractivity contribution is -0.360. The number of hydrogen-bond donors (Lipinski definition) is 2. The summed E-state index contributed by atoms with van der Waals surface area (Å²) in [6, 6.07) is 11.9. The Hall–Kier alpha value is -3.71. The molecular formula is C33H39ClO12. The first-order valence-electron chi connectivity index (χ1n) is 15.0. The maximum Gasteiger partial charge on any atom is 0.303 e. The molecule has 0 bridgehead atoms. The highest BCUT2D eigenvalue weighted by Crippen LogP contribution is 2.42. The minimum Gasteiger partial charge on any atom is -0.485 e. The molecule has 1 heterocycles. The highest BCUT2D eigenvalue weighted by molar-refractivity contribution is 6.31. The molecule has 1 saturated carbocycles. The second kappa shape index (κ2) is 14.8. The second-order valence-corrected chi connectivity index (χ2v) is 12.0. The van der Waals surface area contributed by atoms with Crippen LogP contribution in [0.5, 0.6) is 5.75 Å². The molecule has 0 aromatic heterocycles. The average Bonchev–Trinajstić information content (AvgIpc) is 3.46. The van der Waals surface area contributed by atoms with Gasteiger partial charge in [-0.25, -0.2) is 0 Å². The van der Waals surface area contributed by atoms with Gasteiger partial charge in [0, 0.05) is 38.3 Å². The van der Waals surface area contributed by atoms with Crippen LogP contribution >= 0.6 is 11.6 Å². The van der Waals surface area contributed by atoms with Crippen molar-refractivity contribution >= 4 is 35.5 Å². The van der Waals surface area contributed by atoms with Crippen LogP contribution in [0.1, 0.15) is 70.1 Å². The molecule has 2 aliphatic rings. The average molecular weight is 663 g/mol. The smallest absolute Gasteiger partial charge is 0.303 e. The van der Waals surface area contributed by atoms with Crippen molar-refractivity contribution in [2.75, 3.05) is 13.2 Å². The highest BCUT2D eigenvalue weighted by atomic mass is 35.5. The Balaban J connectivity index is 1.69. The van der Waals surface area contributed by atoms with Gasteiger partial charge in [0.15, 0.2) is 12.2 Å². The molecule has 2 aromatic carbocycles. The van der Waals surface area contributed by atoms with Crippen LogP contribution in [0.2, 0.25) is 5.02 Å². The lowest BCUT2D eigenvalue weighted by Crippen LogP contribution is -2.66. The number of rotatable bonds is 11. The van der Waals surface area contributed by atoms with E-state index in [0.29, 0.717) is 22.8 Å². The minimum atomic E-state index is -2.48. The fraction of sp³-hybridized carbons (Fsp3) is 0.515. The number of aliphatic hydroxyl groups excluding tert-OH is 1. The van der Waals surface area contributed by atoms with Gasteiger partial charge in [0.05, 0.1) is 6.61 Å².